The zero-order valence-corrected chi connectivity index (χ0v) is 14.7. The first-order chi connectivity index (χ1) is 11.7. The minimum atomic E-state index is -0.149. The number of allylic oxidation sites excluding steroid dienone is 1. The van der Waals surface area contributed by atoms with Crippen molar-refractivity contribution in [3.8, 4) is 0 Å². The van der Waals surface area contributed by atoms with Gasteiger partial charge in [0.1, 0.15) is 0 Å². The number of piperidine rings is 2. The minimum absolute atomic E-state index is 0.00465. The Morgan fingerprint density at radius 1 is 1.17 bits per heavy atom. The van der Waals surface area contributed by atoms with Gasteiger partial charge in [-0.3, -0.25) is 9.69 Å². The lowest BCUT2D eigenvalue weighted by Crippen LogP contribution is -2.58. The van der Waals surface area contributed by atoms with E-state index in [0.29, 0.717) is 24.3 Å². The van der Waals surface area contributed by atoms with Crippen LogP contribution in [-0.4, -0.2) is 70.9 Å². The molecule has 24 heavy (non-hydrogen) atoms. The largest absolute Gasteiger partial charge is 0.395 e. The predicted octanol–water partition coefficient (Wildman–Crippen LogP) is 1.54. The van der Waals surface area contributed by atoms with Gasteiger partial charge in [0.25, 0.3) is 0 Å². The average Bonchev–Trinajstić information content (AvgIpc) is 2.63. The molecule has 3 rings (SSSR count). The van der Waals surface area contributed by atoms with Gasteiger partial charge in [0, 0.05) is 32.1 Å². The Kier molecular flexibility index (Phi) is 6.31. The molecule has 0 radical (unpaired) electrons. The van der Waals surface area contributed by atoms with E-state index >= 15 is 0 Å². The third kappa shape index (κ3) is 4.01. The molecule has 1 aliphatic carbocycles. The zero-order chi connectivity index (χ0) is 16.9. The number of amides is 1. The average molecular weight is 336 g/mol. The lowest BCUT2D eigenvalue weighted by molar-refractivity contribution is -0.141. The van der Waals surface area contributed by atoms with Crippen molar-refractivity contribution in [2.45, 2.75) is 63.5 Å². The minimum Gasteiger partial charge on any atom is -0.395 e. The summed E-state index contributed by atoms with van der Waals surface area (Å²) in [4.78, 5) is 16.8. The van der Waals surface area contributed by atoms with Crippen LogP contribution < -0.4 is 0 Å². The summed E-state index contributed by atoms with van der Waals surface area (Å²) in [6, 6.07) is 0.203. The van der Waals surface area contributed by atoms with Gasteiger partial charge in [-0.25, -0.2) is 0 Å². The first-order valence-electron chi connectivity index (χ1n) is 9.66. The van der Waals surface area contributed by atoms with Crippen LogP contribution >= 0.6 is 0 Å². The van der Waals surface area contributed by atoms with E-state index in [-0.39, 0.29) is 19.3 Å². The summed E-state index contributed by atoms with van der Waals surface area (Å²) in [5.74, 6) is 0.805. The van der Waals surface area contributed by atoms with Crippen molar-refractivity contribution < 1.29 is 15.0 Å². The van der Waals surface area contributed by atoms with Crippen LogP contribution in [0.1, 0.15) is 51.4 Å². The molecular weight excluding hydrogens is 304 g/mol. The van der Waals surface area contributed by atoms with Gasteiger partial charge in [-0.1, -0.05) is 11.6 Å². The van der Waals surface area contributed by atoms with Gasteiger partial charge in [0.05, 0.1) is 19.3 Å². The maximum atomic E-state index is 12.5. The van der Waals surface area contributed by atoms with Crippen LogP contribution in [0.25, 0.3) is 0 Å². The molecule has 3 aliphatic rings. The van der Waals surface area contributed by atoms with Crippen LogP contribution in [-0.2, 0) is 4.79 Å². The molecule has 5 heteroatoms. The Hall–Kier alpha value is -0.910. The Morgan fingerprint density at radius 3 is 2.71 bits per heavy atom. The summed E-state index contributed by atoms with van der Waals surface area (Å²) in [6.45, 7) is 2.63. The van der Waals surface area contributed by atoms with Gasteiger partial charge < -0.3 is 15.1 Å². The van der Waals surface area contributed by atoms with Gasteiger partial charge in [0.15, 0.2) is 0 Å². The van der Waals surface area contributed by atoms with Crippen molar-refractivity contribution in [1.29, 1.82) is 0 Å². The molecule has 0 spiro atoms. The molecule has 0 bridgehead atoms. The maximum Gasteiger partial charge on any atom is 0.222 e. The van der Waals surface area contributed by atoms with Crippen LogP contribution in [0.15, 0.2) is 11.6 Å². The van der Waals surface area contributed by atoms with E-state index in [1.54, 1.807) is 0 Å². The Bertz CT molecular complexity index is 462. The van der Waals surface area contributed by atoms with E-state index < -0.39 is 0 Å². The number of nitrogens with zero attached hydrogens (tertiary/aromatic N) is 2. The van der Waals surface area contributed by atoms with Gasteiger partial charge in [-0.05, 0) is 50.9 Å². The maximum absolute atomic E-state index is 12.5. The van der Waals surface area contributed by atoms with E-state index in [4.69, 9.17) is 0 Å². The van der Waals surface area contributed by atoms with Crippen molar-refractivity contribution in [1.82, 2.24) is 9.80 Å². The Labute approximate surface area is 145 Å². The van der Waals surface area contributed by atoms with E-state index in [9.17, 15) is 15.0 Å². The lowest BCUT2D eigenvalue weighted by Gasteiger charge is -2.48. The molecule has 136 valence electrons. The SMILES string of the molecule is O=C1CC[C@@H]2CN(C(CO)CO)CC[C@@H]2N1CCC1=CCCCC1. The molecule has 1 amide bonds. The quantitative estimate of drug-likeness (QED) is 0.722. The second kappa shape index (κ2) is 8.45. The van der Waals surface area contributed by atoms with Crippen molar-refractivity contribution in [2.75, 3.05) is 32.8 Å². The molecule has 2 heterocycles. The van der Waals surface area contributed by atoms with Gasteiger partial charge in [-0.15, -0.1) is 0 Å². The highest BCUT2D eigenvalue weighted by molar-refractivity contribution is 5.77. The van der Waals surface area contributed by atoms with Gasteiger partial charge in [0.2, 0.25) is 5.91 Å². The summed E-state index contributed by atoms with van der Waals surface area (Å²) in [6.07, 6.45) is 11.0. The number of aliphatic hydroxyl groups excluding tert-OH is 2. The number of rotatable bonds is 6. The second-order valence-electron chi connectivity index (χ2n) is 7.61. The van der Waals surface area contributed by atoms with E-state index in [1.165, 1.54) is 31.3 Å². The van der Waals surface area contributed by atoms with E-state index in [0.717, 1.165) is 38.9 Å². The van der Waals surface area contributed by atoms with Crippen LogP contribution in [0.2, 0.25) is 0 Å². The highest BCUT2D eigenvalue weighted by Gasteiger charge is 2.40. The van der Waals surface area contributed by atoms with E-state index in [1.807, 2.05) is 0 Å². The van der Waals surface area contributed by atoms with Gasteiger partial charge >= 0.3 is 0 Å². The summed E-state index contributed by atoms with van der Waals surface area (Å²) < 4.78 is 0. The zero-order valence-electron chi connectivity index (χ0n) is 14.7. The van der Waals surface area contributed by atoms with Crippen molar-refractivity contribution in [2.24, 2.45) is 5.92 Å². The molecule has 2 atom stereocenters. The topological polar surface area (TPSA) is 64.0 Å². The molecule has 2 aliphatic heterocycles. The summed E-state index contributed by atoms with van der Waals surface area (Å²) in [7, 11) is 0. The van der Waals surface area contributed by atoms with Crippen LogP contribution in [0.5, 0.6) is 0 Å². The number of likely N-dealkylation sites (tertiary alicyclic amines) is 2. The molecule has 0 saturated carbocycles. The molecule has 2 fully saturated rings. The number of carbonyl (C=O) groups is 1. The standard InChI is InChI=1S/C19H32N2O3/c22-13-17(14-23)20-10-9-18-16(12-20)6-7-19(24)21(18)11-8-15-4-2-1-3-5-15/h4,16-18,22-23H,1-3,5-14H2/t16-,18+/m1/s1. The van der Waals surface area contributed by atoms with Crippen molar-refractivity contribution in [3.63, 3.8) is 0 Å². The smallest absolute Gasteiger partial charge is 0.222 e. The number of aliphatic hydroxyl groups is 2. The lowest BCUT2D eigenvalue weighted by atomic mass is 9.82. The first-order valence-corrected chi connectivity index (χ1v) is 9.66. The molecule has 0 aromatic carbocycles. The molecule has 2 N–H and O–H groups in total. The Morgan fingerprint density at radius 2 is 2.00 bits per heavy atom. The fourth-order valence-corrected chi connectivity index (χ4v) is 4.69. The van der Waals surface area contributed by atoms with Crippen molar-refractivity contribution in [3.05, 3.63) is 11.6 Å². The van der Waals surface area contributed by atoms with E-state index in [2.05, 4.69) is 15.9 Å². The van der Waals surface area contributed by atoms with Crippen LogP contribution in [0.4, 0.5) is 0 Å². The number of carbonyl (C=O) groups excluding carboxylic acids is 1. The predicted molar refractivity (Wildman–Crippen MR) is 93.5 cm³/mol. The van der Waals surface area contributed by atoms with Crippen LogP contribution in [0, 0.1) is 5.92 Å². The van der Waals surface area contributed by atoms with Crippen LogP contribution in [0.3, 0.4) is 0 Å². The highest BCUT2D eigenvalue weighted by Crippen LogP contribution is 2.33. The second-order valence-corrected chi connectivity index (χ2v) is 7.61. The molecule has 0 aromatic heterocycles. The monoisotopic (exact) mass is 336 g/mol. The van der Waals surface area contributed by atoms with Crippen molar-refractivity contribution >= 4 is 5.91 Å². The third-order valence-electron chi connectivity index (χ3n) is 6.17. The fourth-order valence-electron chi connectivity index (χ4n) is 4.69. The van der Waals surface area contributed by atoms with Gasteiger partial charge in [-0.2, -0.15) is 0 Å². The highest BCUT2D eigenvalue weighted by atomic mass is 16.3. The third-order valence-corrected chi connectivity index (χ3v) is 6.17. The summed E-state index contributed by atoms with van der Waals surface area (Å²) >= 11 is 0. The number of hydrogen-bond acceptors (Lipinski definition) is 4. The molecular formula is C19H32N2O3. The summed E-state index contributed by atoms with van der Waals surface area (Å²) in [5, 5.41) is 18.8. The molecule has 2 saturated heterocycles. The normalized spacial score (nSPS) is 28.9. The molecule has 0 aromatic rings. The Balaban J connectivity index is 1.59. The molecule has 5 nitrogen and oxygen atoms in total. The fraction of sp³-hybridized carbons (Fsp3) is 0.842. The summed E-state index contributed by atoms with van der Waals surface area (Å²) in [5.41, 5.74) is 1.54. The number of fused-ring (bicyclic) bond motifs is 1. The number of hydrogen-bond donors (Lipinski definition) is 2. The molecule has 0 unspecified atom stereocenters. The first kappa shape index (κ1) is 17.9.